The van der Waals surface area contributed by atoms with Gasteiger partial charge in [-0.05, 0) is 55.8 Å². The number of urea groups is 1. The van der Waals surface area contributed by atoms with Gasteiger partial charge in [-0.2, -0.15) is 0 Å². The van der Waals surface area contributed by atoms with Crippen LogP contribution in [0.1, 0.15) is 23.7 Å². The first-order valence-electron chi connectivity index (χ1n) is 13.6. The normalized spacial score (nSPS) is 13.1. The molecule has 11 heteroatoms. The number of amides is 3. The van der Waals surface area contributed by atoms with Crippen molar-refractivity contribution in [1.29, 1.82) is 0 Å². The molecule has 3 aromatic carbocycles. The maximum atomic E-state index is 13.4. The number of benzene rings is 3. The summed E-state index contributed by atoms with van der Waals surface area (Å²) in [4.78, 5) is 30.6. The Morgan fingerprint density at radius 2 is 1.63 bits per heavy atom. The van der Waals surface area contributed by atoms with Gasteiger partial charge in [-0.15, -0.1) is 0 Å². The summed E-state index contributed by atoms with van der Waals surface area (Å²) in [5.74, 6) is 0.617. The molecule has 0 atom stereocenters. The van der Waals surface area contributed by atoms with Crippen LogP contribution in [-0.2, 0) is 4.74 Å². The molecular formula is C30H35Cl2N5O4. The lowest BCUT2D eigenvalue weighted by molar-refractivity contribution is 0.0944. The average Bonchev–Trinajstić information content (AvgIpc) is 2.99. The minimum absolute atomic E-state index is 0.217. The standard InChI is InChI=1S/C30H35Cl2N5O4/c1-3-41-19-7-14-33-29(38)22-20-21(34-30(39)35-24-9-6-8-23(31)28(24)32)12-13-25(22)36-15-17-37(18-16-36)26-10-4-5-11-27(26)40-2/h4-6,8-13,20H,3,7,14-19H2,1-2H3,(H,33,38)(H2,34,35,39). The number of carbonyl (C=O) groups excluding carboxylic acids is 2. The van der Waals surface area contributed by atoms with Crippen molar-refractivity contribution < 1.29 is 19.1 Å². The third-order valence-electron chi connectivity index (χ3n) is 6.70. The van der Waals surface area contributed by atoms with Crippen molar-refractivity contribution in [1.82, 2.24) is 5.32 Å². The first kappa shape index (κ1) is 30.3. The van der Waals surface area contributed by atoms with E-state index in [0.29, 0.717) is 61.2 Å². The highest BCUT2D eigenvalue weighted by atomic mass is 35.5. The van der Waals surface area contributed by atoms with Crippen LogP contribution in [0.25, 0.3) is 0 Å². The number of para-hydroxylation sites is 2. The zero-order valence-corrected chi connectivity index (χ0v) is 24.7. The maximum Gasteiger partial charge on any atom is 0.323 e. The van der Waals surface area contributed by atoms with Crippen molar-refractivity contribution in [3.05, 3.63) is 76.3 Å². The van der Waals surface area contributed by atoms with Gasteiger partial charge in [0.1, 0.15) is 5.75 Å². The second kappa shape index (κ2) is 14.8. The number of nitrogens with one attached hydrogen (secondary N) is 3. The van der Waals surface area contributed by atoms with Crippen molar-refractivity contribution in [2.24, 2.45) is 0 Å². The summed E-state index contributed by atoms with van der Waals surface area (Å²) in [7, 11) is 1.67. The summed E-state index contributed by atoms with van der Waals surface area (Å²) in [6.45, 7) is 6.57. The van der Waals surface area contributed by atoms with Crippen LogP contribution in [0.5, 0.6) is 5.75 Å². The van der Waals surface area contributed by atoms with Gasteiger partial charge in [-0.3, -0.25) is 4.79 Å². The number of hydrogen-bond donors (Lipinski definition) is 3. The van der Waals surface area contributed by atoms with Crippen LogP contribution in [0.2, 0.25) is 10.0 Å². The zero-order chi connectivity index (χ0) is 29.2. The van der Waals surface area contributed by atoms with Crippen molar-refractivity contribution in [2.75, 3.05) is 73.5 Å². The van der Waals surface area contributed by atoms with Gasteiger partial charge in [-0.25, -0.2) is 4.79 Å². The molecule has 3 amide bonds. The Balaban J connectivity index is 1.49. The molecule has 0 bridgehead atoms. The summed E-state index contributed by atoms with van der Waals surface area (Å²) < 4.78 is 10.9. The van der Waals surface area contributed by atoms with E-state index < -0.39 is 6.03 Å². The molecule has 3 aromatic rings. The topological polar surface area (TPSA) is 95.2 Å². The van der Waals surface area contributed by atoms with Crippen LogP contribution in [0.15, 0.2) is 60.7 Å². The molecule has 218 valence electrons. The van der Waals surface area contributed by atoms with E-state index in [2.05, 4.69) is 31.8 Å². The second-order valence-corrected chi connectivity index (χ2v) is 10.1. The van der Waals surface area contributed by atoms with E-state index in [0.717, 1.165) is 30.2 Å². The predicted molar refractivity (Wildman–Crippen MR) is 166 cm³/mol. The lowest BCUT2D eigenvalue weighted by Crippen LogP contribution is -2.47. The molecule has 1 saturated heterocycles. The minimum atomic E-state index is -0.504. The Morgan fingerprint density at radius 3 is 2.37 bits per heavy atom. The molecule has 1 heterocycles. The van der Waals surface area contributed by atoms with E-state index in [1.165, 1.54) is 0 Å². The van der Waals surface area contributed by atoms with E-state index in [-0.39, 0.29) is 10.9 Å². The molecule has 0 saturated carbocycles. The fourth-order valence-corrected chi connectivity index (χ4v) is 5.00. The van der Waals surface area contributed by atoms with Crippen LogP contribution < -0.4 is 30.5 Å². The molecule has 0 spiro atoms. The Kier molecular flexibility index (Phi) is 11.0. The third-order valence-corrected chi connectivity index (χ3v) is 7.52. The van der Waals surface area contributed by atoms with E-state index >= 15 is 0 Å². The molecule has 9 nitrogen and oxygen atoms in total. The van der Waals surface area contributed by atoms with Crippen LogP contribution in [0, 0.1) is 0 Å². The highest BCUT2D eigenvalue weighted by Gasteiger charge is 2.24. The number of piperazine rings is 1. The number of carbonyl (C=O) groups is 2. The quantitative estimate of drug-likeness (QED) is 0.229. The molecule has 0 radical (unpaired) electrons. The molecule has 0 unspecified atom stereocenters. The zero-order valence-electron chi connectivity index (χ0n) is 23.2. The minimum Gasteiger partial charge on any atom is -0.495 e. The van der Waals surface area contributed by atoms with Gasteiger partial charge in [0.05, 0.1) is 34.1 Å². The summed E-state index contributed by atoms with van der Waals surface area (Å²) in [6.07, 6.45) is 0.702. The lowest BCUT2D eigenvalue weighted by Gasteiger charge is -2.38. The maximum absolute atomic E-state index is 13.4. The highest BCUT2D eigenvalue weighted by molar-refractivity contribution is 6.44. The smallest absolute Gasteiger partial charge is 0.323 e. The molecule has 4 rings (SSSR count). The van der Waals surface area contributed by atoms with Gasteiger partial charge in [0.2, 0.25) is 0 Å². The van der Waals surface area contributed by atoms with Gasteiger partial charge in [0.25, 0.3) is 5.91 Å². The number of ether oxygens (including phenoxy) is 2. The molecule has 3 N–H and O–H groups in total. The molecule has 1 aliphatic heterocycles. The second-order valence-electron chi connectivity index (χ2n) is 9.36. The van der Waals surface area contributed by atoms with Crippen molar-refractivity contribution in [3.63, 3.8) is 0 Å². The number of halogens is 2. The Morgan fingerprint density at radius 1 is 0.902 bits per heavy atom. The van der Waals surface area contributed by atoms with Crippen molar-refractivity contribution in [3.8, 4) is 5.75 Å². The summed E-state index contributed by atoms with van der Waals surface area (Å²) >= 11 is 12.3. The molecule has 41 heavy (non-hydrogen) atoms. The SMILES string of the molecule is CCOCCCNC(=O)c1cc(NC(=O)Nc2cccc(Cl)c2Cl)ccc1N1CCN(c2ccccc2OC)CC1. The van der Waals surface area contributed by atoms with Gasteiger partial charge in [0, 0.05) is 57.3 Å². The molecule has 0 aromatic heterocycles. The van der Waals surface area contributed by atoms with Gasteiger partial charge in [0.15, 0.2) is 0 Å². The monoisotopic (exact) mass is 599 g/mol. The average molecular weight is 601 g/mol. The Labute approximate surface area is 250 Å². The van der Waals surface area contributed by atoms with E-state index in [4.69, 9.17) is 32.7 Å². The fraction of sp³-hybridized carbons (Fsp3) is 0.333. The summed E-state index contributed by atoms with van der Waals surface area (Å²) in [5, 5.41) is 9.07. The number of anilines is 4. The van der Waals surface area contributed by atoms with Crippen molar-refractivity contribution in [2.45, 2.75) is 13.3 Å². The first-order chi connectivity index (χ1) is 19.9. The lowest BCUT2D eigenvalue weighted by atomic mass is 10.1. The third kappa shape index (κ3) is 7.97. The number of methoxy groups -OCH3 is 1. The molecule has 1 fully saturated rings. The highest BCUT2D eigenvalue weighted by Crippen LogP contribution is 2.32. The molecule has 1 aliphatic rings. The van der Waals surface area contributed by atoms with Crippen molar-refractivity contribution >= 4 is 57.9 Å². The molecular weight excluding hydrogens is 565 g/mol. The van der Waals surface area contributed by atoms with E-state index in [1.807, 2.05) is 31.2 Å². The number of rotatable bonds is 11. The number of hydrogen-bond acceptors (Lipinski definition) is 6. The van der Waals surface area contributed by atoms with Crippen LogP contribution in [-0.4, -0.2) is 65.0 Å². The van der Waals surface area contributed by atoms with Crippen LogP contribution >= 0.6 is 23.2 Å². The summed E-state index contributed by atoms with van der Waals surface area (Å²) in [6, 6.07) is 17.8. The summed E-state index contributed by atoms with van der Waals surface area (Å²) in [5.41, 5.74) is 3.18. The first-order valence-corrected chi connectivity index (χ1v) is 14.3. The van der Waals surface area contributed by atoms with E-state index in [1.54, 1.807) is 37.4 Å². The van der Waals surface area contributed by atoms with E-state index in [9.17, 15) is 9.59 Å². The van der Waals surface area contributed by atoms with Crippen LogP contribution in [0.3, 0.4) is 0 Å². The largest absolute Gasteiger partial charge is 0.495 e. The van der Waals surface area contributed by atoms with Gasteiger partial charge in [-0.1, -0.05) is 41.4 Å². The van der Waals surface area contributed by atoms with Crippen LogP contribution in [0.4, 0.5) is 27.5 Å². The Hall–Kier alpha value is -3.66. The van der Waals surface area contributed by atoms with Gasteiger partial charge < -0.3 is 35.2 Å². The predicted octanol–water partition coefficient (Wildman–Crippen LogP) is 6.13. The fourth-order valence-electron chi connectivity index (χ4n) is 4.65. The number of nitrogens with zero attached hydrogens (tertiary/aromatic N) is 2. The Bertz CT molecular complexity index is 1350. The van der Waals surface area contributed by atoms with Gasteiger partial charge >= 0.3 is 6.03 Å². The molecule has 0 aliphatic carbocycles.